The molecule has 0 spiro atoms. The number of piperidine rings is 1. The SMILES string of the molecule is Cc1cc2ncnc(N3CCC(c4nnc5ccc(N(C)C)nn45)CC3)c2n1C. The Kier molecular flexibility index (Phi) is 4.11. The van der Waals surface area contributed by atoms with Gasteiger partial charge in [0.2, 0.25) is 0 Å². The minimum Gasteiger partial charge on any atom is -0.361 e. The minimum absolute atomic E-state index is 0.332. The lowest BCUT2D eigenvalue weighted by Crippen LogP contribution is -2.34. The van der Waals surface area contributed by atoms with Crippen molar-refractivity contribution in [2.75, 3.05) is 37.0 Å². The van der Waals surface area contributed by atoms with Crippen molar-refractivity contribution in [3.05, 3.63) is 36.0 Å². The molecule has 1 aliphatic rings. The number of aryl methyl sites for hydroxylation is 2. The molecule has 0 atom stereocenters. The van der Waals surface area contributed by atoms with Gasteiger partial charge in [0, 0.05) is 45.8 Å². The Labute approximate surface area is 169 Å². The van der Waals surface area contributed by atoms with Gasteiger partial charge in [-0.3, -0.25) is 0 Å². The van der Waals surface area contributed by atoms with E-state index in [-0.39, 0.29) is 0 Å². The molecular weight excluding hydrogens is 366 g/mol. The zero-order valence-electron chi connectivity index (χ0n) is 17.2. The Morgan fingerprint density at radius 2 is 1.86 bits per heavy atom. The molecule has 0 aromatic carbocycles. The molecule has 1 fully saturated rings. The number of hydrogen-bond donors (Lipinski definition) is 0. The molecule has 9 nitrogen and oxygen atoms in total. The Morgan fingerprint density at radius 3 is 2.62 bits per heavy atom. The lowest BCUT2D eigenvalue weighted by molar-refractivity contribution is 0.475. The Morgan fingerprint density at radius 1 is 1.07 bits per heavy atom. The van der Waals surface area contributed by atoms with E-state index in [2.05, 4.69) is 49.7 Å². The third-order valence-corrected chi connectivity index (χ3v) is 5.93. The summed E-state index contributed by atoms with van der Waals surface area (Å²) >= 11 is 0. The Bertz CT molecular complexity index is 1180. The summed E-state index contributed by atoms with van der Waals surface area (Å²) in [6.45, 7) is 3.94. The van der Waals surface area contributed by atoms with Gasteiger partial charge in [0.05, 0.1) is 5.52 Å². The van der Waals surface area contributed by atoms with E-state index in [1.165, 1.54) is 5.69 Å². The topological polar surface area (TPSA) is 80.3 Å². The zero-order valence-corrected chi connectivity index (χ0v) is 17.2. The van der Waals surface area contributed by atoms with E-state index in [0.717, 1.165) is 60.1 Å². The van der Waals surface area contributed by atoms with E-state index < -0.39 is 0 Å². The van der Waals surface area contributed by atoms with Crippen molar-refractivity contribution in [2.24, 2.45) is 7.05 Å². The van der Waals surface area contributed by atoms with Gasteiger partial charge in [-0.15, -0.1) is 15.3 Å². The second-order valence-corrected chi connectivity index (χ2v) is 7.95. The summed E-state index contributed by atoms with van der Waals surface area (Å²) in [6, 6.07) is 6.06. The number of fused-ring (bicyclic) bond motifs is 2. The lowest BCUT2D eigenvalue weighted by atomic mass is 9.96. The number of aromatic nitrogens is 7. The summed E-state index contributed by atoms with van der Waals surface area (Å²) in [5.41, 5.74) is 4.09. The Hall–Kier alpha value is -3.23. The first kappa shape index (κ1) is 17.8. The summed E-state index contributed by atoms with van der Waals surface area (Å²) in [7, 11) is 6.06. The molecule has 0 bridgehead atoms. The molecular formula is C20H25N9. The van der Waals surface area contributed by atoms with Gasteiger partial charge in [-0.1, -0.05) is 0 Å². The van der Waals surface area contributed by atoms with Crippen LogP contribution in [0.3, 0.4) is 0 Å². The number of rotatable bonds is 3. The maximum absolute atomic E-state index is 4.72. The van der Waals surface area contributed by atoms with Crippen LogP contribution in [-0.2, 0) is 7.05 Å². The number of nitrogens with zero attached hydrogens (tertiary/aromatic N) is 9. The maximum Gasteiger partial charge on any atom is 0.178 e. The molecule has 4 aromatic heterocycles. The van der Waals surface area contributed by atoms with Crippen LogP contribution < -0.4 is 9.80 Å². The minimum atomic E-state index is 0.332. The predicted octanol–water partition coefficient (Wildman–Crippen LogP) is 2.16. The van der Waals surface area contributed by atoms with Crippen LogP contribution in [0.25, 0.3) is 16.7 Å². The molecule has 0 saturated carbocycles. The third-order valence-electron chi connectivity index (χ3n) is 5.93. The Balaban J connectivity index is 1.41. The van der Waals surface area contributed by atoms with Gasteiger partial charge in [0.15, 0.2) is 17.3 Å². The highest BCUT2D eigenvalue weighted by molar-refractivity contribution is 5.87. The highest BCUT2D eigenvalue weighted by Crippen LogP contribution is 2.32. The van der Waals surface area contributed by atoms with Crippen molar-refractivity contribution < 1.29 is 0 Å². The van der Waals surface area contributed by atoms with Crippen LogP contribution in [0.1, 0.15) is 30.3 Å². The molecule has 4 aromatic rings. The average Bonchev–Trinajstić information content (AvgIpc) is 3.28. The molecule has 0 unspecified atom stereocenters. The standard InChI is InChI=1S/C20H25N9/c1-13-11-15-18(27(13)4)20(22-12-21-15)28-9-7-14(8-10-28)19-24-23-16-5-6-17(26(2)3)25-29(16)19/h5-6,11-12,14H,7-10H2,1-4H3. The summed E-state index contributed by atoms with van der Waals surface area (Å²) in [4.78, 5) is 13.4. The highest BCUT2D eigenvalue weighted by atomic mass is 15.4. The molecule has 0 amide bonds. The van der Waals surface area contributed by atoms with E-state index in [9.17, 15) is 0 Å². The van der Waals surface area contributed by atoms with Gasteiger partial charge in [-0.2, -0.15) is 4.52 Å². The van der Waals surface area contributed by atoms with Gasteiger partial charge >= 0.3 is 0 Å². The second kappa shape index (κ2) is 6.68. The van der Waals surface area contributed by atoms with Gasteiger partial charge < -0.3 is 14.4 Å². The monoisotopic (exact) mass is 391 g/mol. The first-order valence-electron chi connectivity index (χ1n) is 9.94. The molecule has 150 valence electrons. The van der Waals surface area contributed by atoms with Crippen LogP contribution in [0.15, 0.2) is 24.5 Å². The second-order valence-electron chi connectivity index (χ2n) is 7.95. The van der Waals surface area contributed by atoms with Crippen molar-refractivity contribution in [1.29, 1.82) is 0 Å². The molecule has 29 heavy (non-hydrogen) atoms. The van der Waals surface area contributed by atoms with E-state index in [0.29, 0.717) is 5.92 Å². The predicted molar refractivity (Wildman–Crippen MR) is 113 cm³/mol. The molecule has 1 aliphatic heterocycles. The molecule has 5 rings (SSSR count). The quantitative estimate of drug-likeness (QED) is 0.529. The fourth-order valence-corrected chi connectivity index (χ4v) is 4.15. The first-order chi connectivity index (χ1) is 14.0. The first-order valence-corrected chi connectivity index (χ1v) is 9.94. The smallest absolute Gasteiger partial charge is 0.178 e. The van der Waals surface area contributed by atoms with Crippen LogP contribution in [0.2, 0.25) is 0 Å². The van der Waals surface area contributed by atoms with Gasteiger partial charge in [-0.05, 0) is 38.0 Å². The molecule has 0 N–H and O–H groups in total. The molecule has 1 saturated heterocycles. The van der Waals surface area contributed by atoms with Crippen LogP contribution in [0, 0.1) is 6.92 Å². The lowest BCUT2D eigenvalue weighted by Gasteiger charge is -2.32. The number of anilines is 2. The van der Waals surface area contributed by atoms with Crippen molar-refractivity contribution in [2.45, 2.75) is 25.7 Å². The summed E-state index contributed by atoms with van der Waals surface area (Å²) in [6.07, 6.45) is 3.65. The van der Waals surface area contributed by atoms with Crippen molar-refractivity contribution in [3.8, 4) is 0 Å². The molecule has 0 radical (unpaired) electrons. The van der Waals surface area contributed by atoms with E-state index in [4.69, 9.17) is 5.10 Å². The van der Waals surface area contributed by atoms with Crippen LogP contribution in [0.5, 0.6) is 0 Å². The van der Waals surface area contributed by atoms with E-state index in [1.807, 2.05) is 35.6 Å². The van der Waals surface area contributed by atoms with Crippen LogP contribution >= 0.6 is 0 Å². The maximum atomic E-state index is 4.72. The van der Waals surface area contributed by atoms with Crippen molar-refractivity contribution in [1.82, 2.24) is 34.3 Å². The largest absolute Gasteiger partial charge is 0.361 e. The van der Waals surface area contributed by atoms with Crippen molar-refractivity contribution in [3.63, 3.8) is 0 Å². The molecule has 9 heteroatoms. The summed E-state index contributed by atoms with van der Waals surface area (Å²) in [5, 5.41) is 13.5. The van der Waals surface area contributed by atoms with E-state index in [1.54, 1.807) is 6.33 Å². The van der Waals surface area contributed by atoms with Crippen LogP contribution in [-0.4, -0.2) is 61.5 Å². The van der Waals surface area contributed by atoms with Gasteiger partial charge in [0.25, 0.3) is 0 Å². The molecule has 5 heterocycles. The summed E-state index contributed by atoms with van der Waals surface area (Å²) in [5.74, 6) is 3.20. The van der Waals surface area contributed by atoms with Crippen molar-refractivity contribution >= 4 is 28.3 Å². The highest BCUT2D eigenvalue weighted by Gasteiger charge is 2.27. The number of hydrogen-bond acceptors (Lipinski definition) is 7. The van der Waals surface area contributed by atoms with Gasteiger partial charge in [-0.25, -0.2) is 9.97 Å². The van der Waals surface area contributed by atoms with Gasteiger partial charge in [0.1, 0.15) is 17.7 Å². The fourth-order valence-electron chi connectivity index (χ4n) is 4.15. The molecule has 0 aliphatic carbocycles. The third kappa shape index (κ3) is 2.88. The fraction of sp³-hybridized carbons (Fsp3) is 0.450. The van der Waals surface area contributed by atoms with Crippen LogP contribution in [0.4, 0.5) is 11.6 Å². The average molecular weight is 391 g/mol. The zero-order chi connectivity index (χ0) is 20.1. The van der Waals surface area contributed by atoms with E-state index >= 15 is 0 Å². The summed E-state index contributed by atoms with van der Waals surface area (Å²) < 4.78 is 4.08. The normalized spacial score (nSPS) is 15.5.